The molecule has 2 heterocycles. The molecule has 24 heavy (non-hydrogen) atoms. The highest BCUT2D eigenvalue weighted by molar-refractivity contribution is 7.14. The fourth-order valence-electron chi connectivity index (χ4n) is 4.02. The number of hydrogen-bond acceptors (Lipinski definition) is 2. The van der Waals surface area contributed by atoms with Crippen LogP contribution in [0.4, 0.5) is 17.6 Å². The summed E-state index contributed by atoms with van der Waals surface area (Å²) in [6.07, 6.45) is 0. The lowest BCUT2D eigenvalue weighted by atomic mass is 9.93. The van der Waals surface area contributed by atoms with Crippen molar-refractivity contribution in [1.29, 1.82) is 0 Å². The number of hydrogen-bond donors (Lipinski definition) is 0. The quantitative estimate of drug-likeness (QED) is 0.392. The zero-order chi connectivity index (χ0) is 16.9. The fourth-order valence-corrected chi connectivity index (χ4v) is 6.10. The van der Waals surface area contributed by atoms with Crippen molar-refractivity contribution in [2.45, 2.75) is 25.7 Å². The maximum absolute atomic E-state index is 14.1. The number of thiophene rings is 2. The molecule has 0 bridgehead atoms. The first-order valence-corrected chi connectivity index (χ1v) is 9.17. The molecule has 0 radical (unpaired) electrons. The third-order valence-electron chi connectivity index (χ3n) is 5.20. The lowest BCUT2D eigenvalue weighted by molar-refractivity contribution is 0.519. The van der Waals surface area contributed by atoms with Crippen LogP contribution in [0.5, 0.6) is 0 Å². The Hall–Kier alpha value is -1.66. The molecule has 6 heteroatoms. The Morgan fingerprint density at radius 2 is 1.08 bits per heavy atom. The first kappa shape index (κ1) is 14.7. The molecule has 0 saturated carbocycles. The predicted molar refractivity (Wildman–Crippen MR) is 87.9 cm³/mol. The van der Waals surface area contributed by atoms with Crippen molar-refractivity contribution in [3.63, 3.8) is 0 Å². The molecule has 2 aliphatic rings. The highest BCUT2D eigenvalue weighted by Crippen LogP contribution is 2.56. The monoisotopic (exact) mass is 366 g/mol. The van der Waals surface area contributed by atoms with E-state index in [-0.39, 0.29) is 11.8 Å². The number of rotatable bonds is 0. The van der Waals surface area contributed by atoms with Crippen molar-refractivity contribution in [1.82, 2.24) is 0 Å². The lowest BCUT2D eigenvalue weighted by Gasteiger charge is -2.12. The third kappa shape index (κ3) is 1.54. The molecule has 5 rings (SSSR count). The van der Waals surface area contributed by atoms with Gasteiger partial charge in [-0.25, -0.2) is 8.78 Å². The van der Waals surface area contributed by atoms with Gasteiger partial charge in [-0.1, -0.05) is 13.8 Å². The highest BCUT2D eigenvalue weighted by Gasteiger charge is 2.38. The number of benzene rings is 1. The Morgan fingerprint density at radius 1 is 0.708 bits per heavy atom. The van der Waals surface area contributed by atoms with Crippen molar-refractivity contribution < 1.29 is 17.6 Å². The number of halogens is 4. The topological polar surface area (TPSA) is 0 Å². The molecular weight excluding hydrogens is 356 g/mol. The van der Waals surface area contributed by atoms with E-state index in [1.54, 1.807) is 0 Å². The second kappa shape index (κ2) is 4.49. The summed E-state index contributed by atoms with van der Waals surface area (Å²) in [6.45, 7) is 3.67. The zero-order valence-corrected chi connectivity index (χ0v) is 14.3. The maximum atomic E-state index is 14.1. The molecule has 2 atom stereocenters. The Labute approximate surface area is 143 Å². The van der Waals surface area contributed by atoms with E-state index < -0.39 is 21.9 Å². The first-order chi connectivity index (χ1) is 11.4. The molecular formula is C18H10F4S2. The van der Waals surface area contributed by atoms with Crippen LogP contribution in [-0.2, 0) is 0 Å². The van der Waals surface area contributed by atoms with Crippen LogP contribution in [0.25, 0.3) is 20.9 Å². The van der Waals surface area contributed by atoms with E-state index in [1.165, 1.54) is 0 Å². The average Bonchev–Trinajstić information content (AvgIpc) is 3.19. The molecule has 0 N–H and O–H groups in total. The van der Waals surface area contributed by atoms with Crippen LogP contribution >= 0.6 is 22.7 Å². The number of fused-ring (bicyclic) bond motifs is 6. The molecule has 3 aromatic rings. The second-order valence-electron chi connectivity index (χ2n) is 6.34. The van der Waals surface area contributed by atoms with Gasteiger partial charge in [-0.05, 0) is 34.4 Å². The van der Waals surface area contributed by atoms with Gasteiger partial charge in [0, 0.05) is 32.7 Å². The largest absolute Gasteiger partial charge is 0.213 e. The molecule has 2 unspecified atom stereocenters. The van der Waals surface area contributed by atoms with Crippen LogP contribution in [0, 0.1) is 21.9 Å². The smallest absolute Gasteiger partial charge is 0.202 e. The normalized spacial score (nSPS) is 20.1. The summed E-state index contributed by atoms with van der Waals surface area (Å²) >= 11 is 1.63. The van der Waals surface area contributed by atoms with Gasteiger partial charge in [0.15, 0.2) is 11.6 Å². The molecule has 2 aliphatic carbocycles. The summed E-state index contributed by atoms with van der Waals surface area (Å²) in [6, 6.07) is 3.80. The van der Waals surface area contributed by atoms with Crippen molar-refractivity contribution >= 4 is 22.7 Å². The Balaban J connectivity index is 1.79. The predicted octanol–water partition coefficient (Wildman–Crippen LogP) is 6.63. The van der Waals surface area contributed by atoms with Crippen LogP contribution in [-0.4, -0.2) is 0 Å². The van der Waals surface area contributed by atoms with Crippen molar-refractivity contribution in [3.8, 4) is 20.9 Å². The van der Waals surface area contributed by atoms with E-state index in [9.17, 15) is 17.6 Å². The van der Waals surface area contributed by atoms with E-state index in [2.05, 4.69) is 0 Å². The molecule has 1 aromatic carbocycles. The van der Waals surface area contributed by atoms with E-state index in [4.69, 9.17) is 0 Å². The van der Waals surface area contributed by atoms with Gasteiger partial charge in [0.05, 0.1) is 0 Å². The van der Waals surface area contributed by atoms with E-state index in [0.717, 1.165) is 44.9 Å². The van der Waals surface area contributed by atoms with E-state index >= 15 is 0 Å². The highest BCUT2D eigenvalue weighted by atomic mass is 32.1. The van der Waals surface area contributed by atoms with E-state index in [1.807, 2.05) is 26.0 Å². The van der Waals surface area contributed by atoms with Gasteiger partial charge in [-0.2, -0.15) is 8.78 Å². The molecule has 0 spiro atoms. The van der Waals surface area contributed by atoms with E-state index in [0.29, 0.717) is 20.9 Å². The standard InChI is InChI=1S/C18H10F4S2/c1-5-7-3-10-8(6(2)12-14(20)18(22)24-16(10)12)4-9(7)15-11(5)13(19)17(21)23-15/h3-6H,1-2H3. The van der Waals surface area contributed by atoms with Crippen LogP contribution in [0.15, 0.2) is 12.1 Å². The van der Waals surface area contributed by atoms with Gasteiger partial charge in [-0.3, -0.25) is 0 Å². The molecule has 0 amide bonds. The Kier molecular flexibility index (Phi) is 2.74. The summed E-state index contributed by atoms with van der Waals surface area (Å²) in [5, 5.41) is -1.59. The van der Waals surface area contributed by atoms with Gasteiger partial charge in [0.25, 0.3) is 0 Å². The summed E-state index contributed by atoms with van der Waals surface area (Å²) in [7, 11) is 0. The van der Waals surface area contributed by atoms with Crippen LogP contribution in [0.2, 0.25) is 0 Å². The first-order valence-electron chi connectivity index (χ1n) is 7.54. The van der Waals surface area contributed by atoms with Crippen LogP contribution in [0.1, 0.15) is 47.9 Å². The van der Waals surface area contributed by atoms with Gasteiger partial charge in [0.2, 0.25) is 10.3 Å². The van der Waals surface area contributed by atoms with Gasteiger partial charge in [0.1, 0.15) is 0 Å². The summed E-state index contributed by atoms with van der Waals surface area (Å²) in [4.78, 5) is 1.23. The van der Waals surface area contributed by atoms with Crippen LogP contribution in [0.3, 0.4) is 0 Å². The second-order valence-corrected chi connectivity index (χ2v) is 8.28. The average molecular weight is 366 g/mol. The zero-order valence-electron chi connectivity index (χ0n) is 12.6. The Bertz CT molecular complexity index is 960. The summed E-state index contributed by atoms with van der Waals surface area (Å²) < 4.78 is 55.5. The summed E-state index contributed by atoms with van der Waals surface area (Å²) in [5.41, 5.74) is 4.20. The molecule has 2 aromatic heterocycles. The maximum Gasteiger partial charge on any atom is 0.213 e. The third-order valence-corrected chi connectivity index (χ3v) is 7.21. The van der Waals surface area contributed by atoms with Crippen molar-refractivity contribution in [2.24, 2.45) is 0 Å². The molecule has 0 aliphatic heterocycles. The van der Waals surface area contributed by atoms with Crippen molar-refractivity contribution in [2.75, 3.05) is 0 Å². The minimum absolute atomic E-state index is 0.268. The molecule has 0 fully saturated rings. The molecule has 0 nitrogen and oxygen atoms in total. The van der Waals surface area contributed by atoms with Crippen LogP contribution < -0.4 is 0 Å². The SMILES string of the molecule is CC1c2cc3c(cc2-c2sc(F)c(F)c21)C(C)c1c-3sc(F)c1F. The minimum Gasteiger partial charge on any atom is -0.202 e. The molecule has 122 valence electrons. The van der Waals surface area contributed by atoms with Crippen molar-refractivity contribution in [3.05, 3.63) is 56.3 Å². The summed E-state index contributed by atoms with van der Waals surface area (Å²) in [5.74, 6) is -2.09. The minimum atomic E-state index is -0.793. The Morgan fingerprint density at radius 3 is 1.46 bits per heavy atom. The van der Waals surface area contributed by atoms with Gasteiger partial charge in [-0.15, -0.1) is 22.7 Å². The van der Waals surface area contributed by atoms with Gasteiger partial charge >= 0.3 is 0 Å². The van der Waals surface area contributed by atoms with Gasteiger partial charge < -0.3 is 0 Å². The lowest BCUT2D eigenvalue weighted by Crippen LogP contribution is -1.96. The molecule has 0 saturated heterocycles. The fraction of sp³-hybridized carbons (Fsp3) is 0.222.